The lowest BCUT2D eigenvalue weighted by atomic mass is 10.2. The average Bonchev–Trinajstić information content (AvgIpc) is 2.75. The van der Waals surface area contributed by atoms with E-state index < -0.39 is 33.9 Å². The number of carbonyl (C=O) groups excluding carboxylic acids is 1. The predicted octanol–water partition coefficient (Wildman–Crippen LogP) is -0.830. The first-order chi connectivity index (χ1) is 8.29. The number of hydrogen-bond donors (Lipinski definition) is 2. The molecule has 0 bridgehead atoms. The molecule has 8 heteroatoms. The summed E-state index contributed by atoms with van der Waals surface area (Å²) in [6, 6.07) is -1.20. The van der Waals surface area contributed by atoms with E-state index in [9.17, 15) is 18.0 Å². The van der Waals surface area contributed by atoms with Crippen molar-refractivity contribution in [2.75, 3.05) is 18.6 Å². The third-order valence-corrected chi connectivity index (χ3v) is 3.59. The lowest BCUT2D eigenvalue weighted by Gasteiger charge is -2.16. The molecule has 2 atom stereocenters. The third-order valence-electron chi connectivity index (χ3n) is 2.61. The van der Waals surface area contributed by atoms with E-state index in [0.717, 1.165) is 12.7 Å². The highest BCUT2D eigenvalue weighted by atomic mass is 32.2. The number of carboxylic acids is 1. The van der Waals surface area contributed by atoms with Crippen molar-refractivity contribution in [2.45, 2.75) is 31.4 Å². The molecule has 0 saturated carbocycles. The van der Waals surface area contributed by atoms with Crippen molar-refractivity contribution in [3.05, 3.63) is 0 Å². The number of sulfone groups is 1. The smallest absolute Gasteiger partial charge is 0.326 e. The second kappa shape index (κ2) is 6.14. The molecule has 0 aliphatic carbocycles. The van der Waals surface area contributed by atoms with E-state index in [1.165, 1.54) is 0 Å². The first kappa shape index (κ1) is 14.9. The van der Waals surface area contributed by atoms with Crippen LogP contribution in [0.4, 0.5) is 0 Å². The van der Waals surface area contributed by atoms with Crippen LogP contribution in [0.2, 0.25) is 0 Å². The number of ether oxygens (including phenoxy) is 1. The maximum atomic E-state index is 11.6. The maximum Gasteiger partial charge on any atom is 0.326 e. The van der Waals surface area contributed by atoms with E-state index >= 15 is 0 Å². The fourth-order valence-corrected chi connectivity index (χ4v) is 2.30. The number of carbonyl (C=O) groups is 2. The summed E-state index contributed by atoms with van der Waals surface area (Å²) in [5.74, 6) is -2.02. The minimum absolute atomic E-state index is 0.146. The van der Waals surface area contributed by atoms with Crippen molar-refractivity contribution in [3.63, 3.8) is 0 Å². The fourth-order valence-electron chi connectivity index (χ4n) is 1.64. The minimum Gasteiger partial charge on any atom is -0.480 e. The first-order valence-corrected chi connectivity index (χ1v) is 7.68. The van der Waals surface area contributed by atoms with Crippen molar-refractivity contribution in [1.82, 2.24) is 5.32 Å². The Morgan fingerprint density at radius 3 is 2.61 bits per heavy atom. The van der Waals surface area contributed by atoms with Crippen LogP contribution < -0.4 is 5.32 Å². The van der Waals surface area contributed by atoms with E-state index in [1.54, 1.807) is 0 Å². The normalized spacial score (nSPS) is 21.5. The van der Waals surface area contributed by atoms with E-state index in [2.05, 4.69) is 5.32 Å². The second-order valence-corrected chi connectivity index (χ2v) is 6.58. The van der Waals surface area contributed by atoms with Gasteiger partial charge in [0.15, 0.2) is 0 Å². The zero-order valence-electron chi connectivity index (χ0n) is 10.1. The zero-order chi connectivity index (χ0) is 13.8. The first-order valence-electron chi connectivity index (χ1n) is 5.62. The van der Waals surface area contributed by atoms with Gasteiger partial charge in [-0.2, -0.15) is 0 Å². The van der Waals surface area contributed by atoms with Gasteiger partial charge in [-0.15, -0.1) is 0 Å². The quantitative estimate of drug-likeness (QED) is 0.656. The SMILES string of the molecule is CS(=O)(=O)CCC(NC(=O)[C@@H]1CCCO1)C(=O)O. The van der Waals surface area contributed by atoms with Gasteiger partial charge in [0.25, 0.3) is 0 Å². The van der Waals surface area contributed by atoms with E-state index in [-0.39, 0.29) is 12.2 Å². The lowest BCUT2D eigenvalue weighted by molar-refractivity contribution is -0.143. The van der Waals surface area contributed by atoms with Gasteiger partial charge in [-0.3, -0.25) is 4.79 Å². The van der Waals surface area contributed by atoms with Crippen LogP contribution in [0.5, 0.6) is 0 Å². The van der Waals surface area contributed by atoms with Crippen molar-refractivity contribution in [3.8, 4) is 0 Å². The summed E-state index contributed by atoms with van der Waals surface area (Å²) >= 11 is 0. The molecule has 0 spiro atoms. The summed E-state index contributed by atoms with van der Waals surface area (Å²) < 4.78 is 27.1. The van der Waals surface area contributed by atoms with Crippen LogP contribution in [0.1, 0.15) is 19.3 Å². The van der Waals surface area contributed by atoms with Crippen LogP contribution in [0, 0.1) is 0 Å². The summed E-state index contributed by atoms with van der Waals surface area (Å²) in [5, 5.41) is 11.2. The molecule has 0 aromatic heterocycles. The van der Waals surface area contributed by atoms with Crippen molar-refractivity contribution in [1.29, 1.82) is 0 Å². The van der Waals surface area contributed by atoms with Crippen molar-refractivity contribution < 1.29 is 27.9 Å². The van der Waals surface area contributed by atoms with Crippen LogP contribution in [-0.4, -0.2) is 56.2 Å². The zero-order valence-corrected chi connectivity index (χ0v) is 10.9. The van der Waals surface area contributed by atoms with Gasteiger partial charge in [0.2, 0.25) is 5.91 Å². The van der Waals surface area contributed by atoms with Gasteiger partial charge in [-0.25, -0.2) is 13.2 Å². The Bertz CT molecular complexity index is 412. The van der Waals surface area contributed by atoms with Crippen LogP contribution in [-0.2, 0) is 24.2 Å². The number of rotatable bonds is 6. The molecule has 1 aliphatic heterocycles. The number of nitrogens with one attached hydrogen (secondary N) is 1. The second-order valence-electron chi connectivity index (χ2n) is 4.32. The molecule has 1 aliphatic rings. The van der Waals surface area contributed by atoms with Crippen molar-refractivity contribution >= 4 is 21.7 Å². The molecule has 2 N–H and O–H groups in total. The summed E-state index contributed by atoms with van der Waals surface area (Å²) in [7, 11) is -3.25. The molecule has 1 amide bonds. The Morgan fingerprint density at radius 2 is 2.17 bits per heavy atom. The highest BCUT2D eigenvalue weighted by Gasteiger charge is 2.28. The molecule has 104 valence electrons. The van der Waals surface area contributed by atoms with Gasteiger partial charge < -0.3 is 15.2 Å². The number of carboxylic acid groups (broad SMARTS) is 1. The molecule has 0 aromatic rings. The number of aliphatic carboxylic acids is 1. The van der Waals surface area contributed by atoms with E-state index in [4.69, 9.17) is 9.84 Å². The summed E-state index contributed by atoms with van der Waals surface area (Å²) in [4.78, 5) is 22.6. The predicted molar refractivity (Wildman–Crippen MR) is 62.9 cm³/mol. The van der Waals surface area contributed by atoms with Gasteiger partial charge in [-0.1, -0.05) is 0 Å². The number of amides is 1. The van der Waals surface area contributed by atoms with Gasteiger partial charge in [0.1, 0.15) is 22.0 Å². The molecule has 1 fully saturated rings. The van der Waals surface area contributed by atoms with Gasteiger partial charge in [-0.05, 0) is 19.3 Å². The highest BCUT2D eigenvalue weighted by molar-refractivity contribution is 7.90. The van der Waals surface area contributed by atoms with Crippen LogP contribution in [0.15, 0.2) is 0 Å². The Labute approximate surface area is 105 Å². The summed E-state index contributed by atoms with van der Waals surface area (Å²) in [5.41, 5.74) is 0. The topological polar surface area (TPSA) is 110 Å². The third kappa shape index (κ3) is 5.01. The fraction of sp³-hybridized carbons (Fsp3) is 0.800. The Hall–Kier alpha value is -1.15. The van der Waals surface area contributed by atoms with Crippen molar-refractivity contribution in [2.24, 2.45) is 0 Å². The Kier molecular flexibility index (Phi) is 5.09. The molecule has 7 nitrogen and oxygen atoms in total. The molecular formula is C10H17NO6S. The molecule has 0 radical (unpaired) electrons. The monoisotopic (exact) mass is 279 g/mol. The molecular weight excluding hydrogens is 262 g/mol. The Morgan fingerprint density at radius 1 is 1.50 bits per heavy atom. The van der Waals surface area contributed by atoms with E-state index in [0.29, 0.717) is 13.0 Å². The summed E-state index contributed by atoms with van der Waals surface area (Å²) in [6.07, 6.45) is 1.58. The minimum atomic E-state index is -3.25. The van der Waals surface area contributed by atoms with Crippen LogP contribution in [0.3, 0.4) is 0 Å². The highest BCUT2D eigenvalue weighted by Crippen LogP contribution is 2.12. The van der Waals surface area contributed by atoms with Gasteiger partial charge >= 0.3 is 5.97 Å². The molecule has 18 heavy (non-hydrogen) atoms. The summed E-state index contributed by atoms with van der Waals surface area (Å²) in [6.45, 7) is 0.485. The maximum absolute atomic E-state index is 11.6. The van der Waals surface area contributed by atoms with Crippen LogP contribution >= 0.6 is 0 Å². The van der Waals surface area contributed by atoms with Crippen LogP contribution in [0.25, 0.3) is 0 Å². The molecule has 1 heterocycles. The molecule has 1 rings (SSSR count). The number of hydrogen-bond acceptors (Lipinski definition) is 5. The standard InChI is InChI=1S/C10H17NO6S/c1-18(15,16)6-4-7(10(13)14)11-9(12)8-3-2-5-17-8/h7-8H,2-6H2,1H3,(H,11,12)(H,13,14)/t7?,8-/m0/s1. The van der Waals surface area contributed by atoms with E-state index in [1.807, 2.05) is 0 Å². The Balaban J connectivity index is 2.51. The van der Waals surface area contributed by atoms with Gasteiger partial charge in [0, 0.05) is 12.9 Å². The lowest BCUT2D eigenvalue weighted by Crippen LogP contribution is -2.46. The molecule has 1 unspecified atom stereocenters. The molecule has 1 saturated heterocycles. The van der Waals surface area contributed by atoms with Gasteiger partial charge in [0.05, 0.1) is 5.75 Å². The average molecular weight is 279 g/mol. The largest absolute Gasteiger partial charge is 0.480 e. The molecule has 0 aromatic carbocycles.